The number of H-pyrrole nitrogens is 1. The van der Waals surface area contributed by atoms with Crippen molar-refractivity contribution in [1.29, 1.82) is 0 Å². The van der Waals surface area contributed by atoms with Crippen LogP contribution in [0.3, 0.4) is 0 Å². The average molecular weight is 358 g/mol. The molecule has 4 N–H and O–H groups in total. The van der Waals surface area contributed by atoms with Gasteiger partial charge in [0.05, 0.1) is 39.7 Å². The SMILES string of the molecule is Cc1c(-c2ccn[nH]2)sc2c(NCCN3CCOCC3)cc(N)nc12. The second-order valence-corrected chi connectivity index (χ2v) is 7.20. The molecule has 8 heteroatoms. The van der Waals surface area contributed by atoms with Crippen molar-refractivity contribution in [3.63, 3.8) is 0 Å². The molecule has 25 heavy (non-hydrogen) atoms. The summed E-state index contributed by atoms with van der Waals surface area (Å²) in [5, 5.41) is 10.6. The Kier molecular flexibility index (Phi) is 4.56. The van der Waals surface area contributed by atoms with Gasteiger partial charge in [0.1, 0.15) is 5.82 Å². The zero-order valence-electron chi connectivity index (χ0n) is 14.2. The normalized spacial score (nSPS) is 15.7. The fourth-order valence-corrected chi connectivity index (χ4v) is 4.35. The van der Waals surface area contributed by atoms with Crippen molar-refractivity contribution in [1.82, 2.24) is 20.1 Å². The second-order valence-electron chi connectivity index (χ2n) is 6.18. The zero-order valence-corrected chi connectivity index (χ0v) is 15.0. The lowest BCUT2D eigenvalue weighted by Crippen LogP contribution is -2.39. The summed E-state index contributed by atoms with van der Waals surface area (Å²) in [7, 11) is 0. The standard InChI is InChI=1S/C17H22N6OS/c1-11-15-17(25-16(11)12-2-3-20-22-12)13(10-14(18)21-15)19-4-5-23-6-8-24-9-7-23/h2-3,10H,4-9H2,1H3,(H,20,22)(H3,18,19,21). The van der Waals surface area contributed by atoms with Crippen molar-refractivity contribution in [3.8, 4) is 10.6 Å². The van der Waals surface area contributed by atoms with Crippen molar-refractivity contribution in [2.45, 2.75) is 6.92 Å². The summed E-state index contributed by atoms with van der Waals surface area (Å²) >= 11 is 1.72. The van der Waals surface area contributed by atoms with Gasteiger partial charge in [-0.25, -0.2) is 4.98 Å². The largest absolute Gasteiger partial charge is 0.384 e. The Morgan fingerprint density at radius 1 is 1.40 bits per heavy atom. The molecule has 132 valence electrons. The smallest absolute Gasteiger partial charge is 0.126 e. The van der Waals surface area contributed by atoms with Gasteiger partial charge in [-0.1, -0.05) is 0 Å². The first-order valence-electron chi connectivity index (χ1n) is 8.45. The maximum Gasteiger partial charge on any atom is 0.126 e. The quantitative estimate of drug-likeness (QED) is 0.648. The van der Waals surface area contributed by atoms with E-state index in [2.05, 4.69) is 32.3 Å². The van der Waals surface area contributed by atoms with Gasteiger partial charge in [-0.05, 0) is 18.6 Å². The van der Waals surface area contributed by atoms with Gasteiger partial charge in [0.2, 0.25) is 0 Å². The summed E-state index contributed by atoms with van der Waals surface area (Å²) in [6.45, 7) is 7.59. The van der Waals surface area contributed by atoms with Crippen molar-refractivity contribution in [2.75, 3.05) is 50.4 Å². The third-order valence-corrected chi connectivity index (χ3v) is 5.83. The maximum absolute atomic E-state index is 6.04. The molecular weight excluding hydrogens is 336 g/mol. The maximum atomic E-state index is 6.04. The van der Waals surface area contributed by atoms with Crippen molar-refractivity contribution >= 4 is 33.1 Å². The first kappa shape index (κ1) is 16.3. The number of hydrogen-bond donors (Lipinski definition) is 3. The Bertz CT molecular complexity index is 854. The van der Waals surface area contributed by atoms with Crippen LogP contribution in [0, 0.1) is 6.92 Å². The highest BCUT2D eigenvalue weighted by molar-refractivity contribution is 7.23. The van der Waals surface area contributed by atoms with Crippen molar-refractivity contribution in [3.05, 3.63) is 23.9 Å². The summed E-state index contributed by atoms with van der Waals surface area (Å²) in [6, 6.07) is 3.90. The molecule has 0 atom stereocenters. The second kappa shape index (κ2) is 6.99. The van der Waals surface area contributed by atoms with E-state index in [0.717, 1.165) is 71.4 Å². The summed E-state index contributed by atoms with van der Waals surface area (Å²) in [6.07, 6.45) is 1.77. The van der Waals surface area contributed by atoms with Crippen LogP contribution in [0.25, 0.3) is 20.8 Å². The van der Waals surface area contributed by atoms with E-state index in [9.17, 15) is 0 Å². The third-order valence-electron chi connectivity index (χ3n) is 4.49. The molecule has 0 radical (unpaired) electrons. The van der Waals surface area contributed by atoms with Gasteiger partial charge in [0.15, 0.2) is 0 Å². The van der Waals surface area contributed by atoms with Gasteiger partial charge in [-0.2, -0.15) is 5.10 Å². The fraction of sp³-hybridized carbons (Fsp3) is 0.412. The molecular formula is C17H22N6OS. The van der Waals surface area contributed by atoms with Crippen LogP contribution in [-0.4, -0.2) is 59.5 Å². The van der Waals surface area contributed by atoms with Crippen molar-refractivity contribution < 1.29 is 4.74 Å². The minimum absolute atomic E-state index is 0.540. The molecule has 0 saturated carbocycles. The van der Waals surface area contributed by atoms with Crippen LogP contribution in [0.5, 0.6) is 0 Å². The average Bonchev–Trinajstić information content (AvgIpc) is 3.25. The molecule has 0 aromatic carbocycles. The summed E-state index contributed by atoms with van der Waals surface area (Å²) in [5.41, 5.74) is 10.2. The van der Waals surface area contributed by atoms with E-state index in [4.69, 9.17) is 10.5 Å². The number of fused-ring (bicyclic) bond motifs is 1. The predicted octanol–water partition coefficient (Wildman–Crippen LogP) is 2.32. The number of aryl methyl sites for hydroxylation is 1. The minimum Gasteiger partial charge on any atom is -0.384 e. The molecule has 1 aliphatic rings. The topological polar surface area (TPSA) is 92.1 Å². The van der Waals surface area contributed by atoms with Crippen LogP contribution in [-0.2, 0) is 4.74 Å². The van der Waals surface area contributed by atoms with Gasteiger partial charge in [0, 0.05) is 38.4 Å². The predicted molar refractivity (Wildman–Crippen MR) is 102 cm³/mol. The number of nitrogens with two attached hydrogens (primary N) is 1. The van der Waals surface area contributed by atoms with Crippen LogP contribution in [0.15, 0.2) is 18.3 Å². The van der Waals surface area contributed by atoms with E-state index in [1.54, 1.807) is 17.5 Å². The molecule has 1 fully saturated rings. The van der Waals surface area contributed by atoms with Crippen molar-refractivity contribution in [2.24, 2.45) is 0 Å². The zero-order chi connectivity index (χ0) is 17.2. The Labute approximate surface area is 150 Å². The number of nitrogens with one attached hydrogen (secondary N) is 2. The van der Waals surface area contributed by atoms with E-state index in [1.807, 2.05) is 12.1 Å². The highest BCUT2D eigenvalue weighted by Crippen LogP contribution is 2.40. The lowest BCUT2D eigenvalue weighted by molar-refractivity contribution is 0.0398. The Morgan fingerprint density at radius 3 is 3.00 bits per heavy atom. The van der Waals surface area contributed by atoms with Crippen LogP contribution in [0.1, 0.15) is 5.56 Å². The first-order chi connectivity index (χ1) is 12.2. The number of pyridine rings is 1. The molecule has 4 heterocycles. The molecule has 1 aliphatic heterocycles. The van der Waals surface area contributed by atoms with E-state index in [0.29, 0.717) is 5.82 Å². The third kappa shape index (κ3) is 3.33. The molecule has 0 bridgehead atoms. The number of aromatic nitrogens is 3. The highest BCUT2D eigenvalue weighted by Gasteiger charge is 2.16. The molecule has 0 unspecified atom stereocenters. The Morgan fingerprint density at radius 2 is 2.24 bits per heavy atom. The molecule has 0 spiro atoms. The molecule has 3 aromatic rings. The summed E-state index contributed by atoms with van der Waals surface area (Å²) < 4.78 is 6.53. The number of morpholine rings is 1. The summed E-state index contributed by atoms with van der Waals surface area (Å²) in [4.78, 5) is 8.12. The van der Waals surface area contributed by atoms with E-state index in [-0.39, 0.29) is 0 Å². The van der Waals surface area contributed by atoms with Crippen LogP contribution in [0.2, 0.25) is 0 Å². The Hall–Kier alpha value is -2.16. The number of nitrogen functional groups attached to an aromatic ring is 1. The molecule has 1 saturated heterocycles. The lowest BCUT2D eigenvalue weighted by atomic mass is 10.2. The van der Waals surface area contributed by atoms with E-state index in [1.165, 1.54) is 0 Å². The molecule has 0 aliphatic carbocycles. The molecule has 7 nitrogen and oxygen atoms in total. The number of hydrogen-bond acceptors (Lipinski definition) is 7. The monoisotopic (exact) mass is 358 g/mol. The molecule has 4 rings (SSSR count). The van der Waals surface area contributed by atoms with Gasteiger partial charge < -0.3 is 15.8 Å². The number of aromatic amines is 1. The Balaban J connectivity index is 1.58. The number of rotatable bonds is 5. The van der Waals surface area contributed by atoms with E-state index < -0.39 is 0 Å². The van der Waals surface area contributed by atoms with E-state index >= 15 is 0 Å². The van der Waals surface area contributed by atoms with Gasteiger partial charge in [-0.3, -0.25) is 10.00 Å². The van der Waals surface area contributed by atoms with Gasteiger partial charge >= 0.3 is 0 Å². The highest BCUT2D eigenvalue weighted by atomic mass is 32.1. The number of thiophene rings is 1. The number of anilines is 2. The van der Waals surface area contributed by atoms with Gasteiger partial charge in [0.25, 0.3) is 0 Å². The number of nitrogens with zero attached hydrogens (tertiary/aromatic N) is 3. The van der Waals surface area contributed by atoms with Crippen LogP contribution < -0.4 is 11.1 Å². The molecule has 3 aromatic heterocycles. The van der Waals surface area contributed by atoms with Gasteiger partial charge in [-0.15, -0.1) is 11.3 Å². The molecule has 0 amide bonds. The lowest BCUT2D eigenvalue weighted by Gasteiger charge is -2.26. The first-order valence-corrected chi connectivity index (χ1v) is 9.27. The number of ether oxygens (including phenoxy) is 1. The fourth-order valence-electron chi connectivity index (χ4n) is 3.14. The van der Waals surface area contributed by atoms with Crippen LogP contribution >= 0.6 is 11.3 Å². The minimum atomic E-state index is 0.540. The summed E-state index contributed by atoms with van der Waals surface area (Å²) in [5.74, 6) is 0.540. The van der Waals surface area contributed by atoms with Crippen LogP contribution in [0.4, 0.5) is 11.5 Å².